The predicted molar refractivity (Wildman–Crippen MR) is 107 cm³/mol. The molecule has 1 N–H and O–H groups in total. The van der Waals surface area contributed by atoms with Crippen LogP contribution >= 0.6 is 0 Å². The van der Waals surface area contributed by atoms with Crippen LogP contribution in [0.2, 0.25) is 0 Å². The molecule has 0 amide bonds. The number of hydrogen-bond donors (Lipinski definition) is 1. The van der Waals surface area contributed by atoms with Crippen LogP contribution in [0.25, 0.3) is 0 Å². The van der Waals surface area contributed by atoms with E-state index in [0.717, 1.165) is 12.8 Å². The Hall–Kier alpha value is -1.51. The summed E-state index contributed by atoms with van der Waals surface area (Å²) in [5, 5.41) is 9.35. The molecule has 0 aliphatic heterocycles. The Morgan fingerprint density at radius 2 is 1.48 bits per heavy atom. The van der Waals surface area contributed by atoms with E-state index in [2.05, 4.69) is 6.92 Å². The summed E-state index contributed by atoms with van der Waals surface area (Å²) in [6, 6.07) is 0. The zero-order chi connectivity index (χ0) is 18.8. The van der Waals surface area contributed by atoms with Crippen molar-refractivity contribution < 1.29 is 14.6 Å². The van der Waals surface area contributed by atoms with E-state index in [4.69, 9.17) is 4.74 Å². The van der Waals surface area contributed by atoms with Gasteiger partial charge in [-0.05, 0) is 31.1 Å². The zero-order valence-electron chi connectivity index (χ0n) is 16.6. The van der Waals surface area contributed by atoms with E-state index in [1.54, 1.807) is 18.2 Å². The molecule has 1 aliphatic carbocycles. The Morgan fingerprint density at radius 3 is 2.08 bits per heavy atom. The highest BCUT2D eigenvalue weighted by Crippen LogP contribution is 2.12. The Labute approximate surface area is 154 Å². The van der Waals surface area contributed by atoms with Crippen molar-refractivity contribution in [3.05, 3.63) is 35.6 Å². The standard InChI is InChI=1S/C20H32O3.C2H6/c1-2-3-4-5-6-7-8-9-10-11-17-23-20(22)18-13-12-14-19(21)16-15-18;1-2/h13-16,21H,2-12,17H2,1H3;1-2H3. The van der Waals surface area contributed by atoms with Gasteiger partial charge >= 0.3 is 5.97 Å². The van der Waals surface area contributed by atoms with Gasteiger partial charge in [0.2, 0.25) is 0 Å². The number of aliphatic hydroxyl groups is 1. The minimum atomic E-state index is -0.291. The van der Waals surface area contributed by atoms with E-state index < -0.39 is 0 Å². The predicted octanol–water partition coefficient (Wildman–Crippen LogP) is 6.80. The van der Waals surface area contributed by atoms with Crippen molar-refractivity contribution in [1.82, 2.24) is 0 Å². The summed E-state index contributed by atoms with van der Waals surface area (Å²) < 4.78 is 5.28. The minimum absolute atomic E-state index is 0.193. The number of hydrogen-bond acceptors (Lipinski definition) is 3. The molecule has 3 nitrogen and oxygen atoms in total. The first-order valence-electron chi connectivity index (χ1n) is 10.2. The van der Waals surface area contributed by atoms with Gasteiger partial charge in [-0.3, -0.25) is 0 Å². The lowest BCUT2D eigenvalue weighted by Crippen LogP contribution is -2.07. The van der Waals surface area contributed by atoms with Crippen molar-refractivity contribution in [3.63, 3.8) is 0 Å². The van der Waals surface area contributed by atoms with Crippen molar-refractivity contribution in [3.8, 4) is 0 Å². The number of ether oxygens (including phenoxy) is 1. The minimum Gasteiger partial charge on any atom is -0.508 e. The van der Waals surface area contributed by atoms with Crippen molar-refractivity contribution in [1.29, 1.82) is 0 Å². The summed E-state index contributed by atoms with van der Waals surface area (Å²) in [7, 11) is 0. The van der Waals surface area contributed by atoms with Crippen LogP contribution in [0.15, 0.2) is 35.6 Å². The summed E-state index contributed by atoms with van der Waals surface area (Å²) in [5.41, 5.74) is 0.525. The number of carbonyl (C=O) groups excluding carboxylic acids is 1. The van der Waals surface area contributed by atoms with Gasteiger partial charge in [-0.15, -0.1) is 0 Å². The Bertz CT molecular complexity index is 419. The van der Waals surface area contributed by atoms with E-state index >= 15 is 0 Å². The number of allylic oxidation sites excluding steroid dienone is 3. The maximum Gasteiger partial charge on any atom is 0.337 e. The van der Waals surface area contributed by atoms with Gasteiger partial charge < -0.3 is 9.84 Å². The SMILES string of the molecule is CC.CCCCCCCCCCCCOC(=O)C1=CCC=C(O)C=C1. The van der Waals surface area contributed by atoms with E-state index in [0.29, 0.717) is 18.6 Å². The topological polar surface area (TPSA) is 46.5 Å². The highest BCUT2D eigenvalue weighted by Gasteiger charge is 2.09. The first-order valence-corrected chi connectivity index (χ1v) is 10.2. The maximum absolute atomic E-state index is 11.9. The number of aliphatic hydroxyl groups excluding tert-OH is 1. The molecular formula is C22H38O3. The van der Waals surface area contributed by atoms with Crippen LogP contribution in [0.1, 0.15) is 91.4 Å². The lowest BCUT2D eigenvalue weighted by atomic mass is 10.1. The second-order valence-electron chi connectivity index (χ2n) is 6.18. The van der Waals surface area contributed by atoms with Gasteiger partial charge in [-0.1, -0.05) is 84.6 Å². The van der Waals surface area contributed by atoms with Crippen LogP contribution in [0.3, 0.4) is 0 Å². The second-order valence-corrected chi connectivity index (χ2v) is 6.18. The summed E-state index contributed by atoms with van der Waals surface area (Å²) in [4.78, 5) is 11.9. The number of unbranched alkanes of at least 4 members (excludes halogenated alkanes) is 9. The number of rotatable bonds is 12. The van der Waals surface area contributed by atoms with Gasteiger partial charge in [-0.25, -0.2) is 4.79 Å². The zero-order valence-corrected chi connectivity index (χ0v) is 16.6. The molecule has 0 radical (unpaired) electrons. The molecule has 0 spiro atoms. The maximum atomic E-state index is 11.9. The second kappa shape index (κ2) is 17.3. The summed E-state index contributed by atoms with van der Waals surface area (Å²) in [6.07, 6.45) is 19.8. The molecule has 0 atom stereocenters. The Kier molecular flexibility index (Phi) is 16.3. The van der Waals surface area contributed by atoms with Gasteiger partial charge in [0.05, 0.1) is 12.2 Å². The molecule has 25 heavy (non-hydrogen) atoms. The molecule has 0 aromatic heterocycles. The molecule has 0 saturated carbocycles. The van der Waals surface area contributed by atoms with Crippen LogP contribution in [0.5, 0.6) is 0 Å². The fourth-order valence-electron chi connectivity index (χ4n) is 2.61. The Balaban J connectivity index is 0.00000277. The van der Waals surface area contributed by atoms with Gasteiger partial charge in [0.25, 0.3) is 0 Å². The Morgan fingerprint density at radius 1 is 0.920 bits per heavy atom. The smallest absolute Gasteiger partial charge is 0.337 e. The van der Waals surface area contributed by atoms with E-state index in [1.165, 1.54) is 57.4 Å². The quantitative estimate of drug-likeness (QED) is 0.311. The highest BCUT2D eigenvalue weighted by molar-refractivity contribution is 5.91. The molecule has 144 valence electrons. The van der Waals surface area contributed by atoms with E-state index in [1.807, 2.05) is 13.8 Å². The monoisotopic (exact) mass is 350 g/mol. The molecular weight excluding hydrogens is 312 g/mol. The van der Waals surface area contributed by atoms with Crippen LogP contribution in [0, 0.1) is 0 Å². The molecule has 0 bridgehead atoms. The largest absolute Gasteiger partial charge is 0.508 e. The van der Waals surface area contributed by atoms with Gasteiger partial charge in [0.15, 0.2) is 0 Å². The van der Waals surface area contributed by atoms with E-state index in [-0.39, 0.29) is 11.7 Å². The third kappa shape index (κ3) is 13.5. The van der Waals surface area contributed by atoms with Gasteiger partial charge in [0, 0.05) is 0 Å². The summed E-state index contributed by atoms with van der Waals surface area (Å²) in [5.74, 6) is -0.0981. The molecule has 0 fully saturated rings. The number of carbonyl (C=O) groups is 1. The van der Waals surface area contributed by atoms with E-state index in [9.17, 15) is 9.90 Å². The molecule has 0 aromatic rings. The summed E-state index contributed by atoms with van der Waals surface area (Å²) >= 11 is 0. The van der Waals surface area contributed by atoms with Crippen molar-refractivity contribution in [2.24, 2.45) is 0 Å². The van der Waals surface area contributed by atoms with Crippen molar-refractivity contribution >= 4 is 5.97 Å². The molecule has 0 aromatic carbocycles. The van der Waals surface area contributed by atoms with Crippen LogP contribution in [0.4, 0.5) is 0 Å². The first-order chi connectivity index (χ1) is 12.2. The van der Waals surface area contributed by atoms with Gasteiger partial charge in [0.1, 0.15) is 5.76 Å². The fraction of sp³-hybridized carbons (Fsp3) is 0.682. The third-order valence-electron chi connectivity index (χ3n) is 4.07. The number of esters is 1. The van der Waals surface area contributed by atoms with Crippen molar-refractivity contribution in [2.75, 3.05) is 6.61 Å². The fourth-order valence-corrected chi connectivity index (χ4v) is 2.61. The lowest BCUT2D eigenvalue weighted by molar-refractivity contribution is -0.138. The normalized spacial score (nSPS) is 13.2. The molecule has 0 heterocycles. The lowest BCUT2D eigenvalue weighted by Gasteiger charge is -2.05. The molecule has 1 aliphatic rings. The third-order valence-corrected chi connectivity index (χ3v) is 4.07. The molecule has 1 rings (SSSR count). The van der Waals surface area contributed by atoms with Crippen LogP contribution < -0.4 is 0 Å². The highest BCUT2D eigenvalue weighted by atomic mass is 16.5. The van der Waals surface area contributed by atoms with Crippen LogP contribution in [-0.4, -0.2) is 17.7 Å². The summed E-state index contributed by atoms with van der Waals surface area (Å²) in [6.45, 7) is 6.73. The van der Waals surface area contributed by atoms with Crippen molar-refractivity contribution in [2.45, 2.75) is 91.4 Å². The molecule has 3 heteroatoms. The van der Waals surface area contributed by atoms with Crippen LogP contribution in [-0.2, 0) is 9.53 Å². The van der Waals surface area contributed by atoms with Gasteiger partial charge in [-0.2, -0.15) is 0 Å². The molecule has 0 saturated heterocycles. The average molecular weight is 351 g/mol. The molecule has 0 unspecified atom stereocenters. The average Bonchev–Trinajstić information content (AvgIpc) is 2.86. The first kappa shape index (κ1) is 23.5.